The summed E-state index contributed by atoms with van der Waals surface area (Å²) in [6.07, 6.45) is 5.80. The summed E-state index contributed by atoms with van der Waals surface area (Å²) in [5.74, 6) is 0.660. The first-order valence-corrected chi connectivity index (χ1v) is 7.72. The van der Waals surface area contributed by atoms with Gasteiger partial charge in [0.05, 0.1) is 6.26 Å². The van der Waals surface area contributed by atoms with Crippen molar-refractivity contribution >= 4 is 11.0 Å². The van der Waals surface area contributed by atoms with Crippen molar-refractivity contribution in [3.8, 4) is 0 Å². The first-order chi connectivity index (χ1) is 9.83. The molecule has 1 heterocycles. The van der Waals surface area contributed by atoms with Gasteiger partial charge in [0.15, 0.2) is 0 Å². The monoisotopic (exact) mass is 272 g/mol. The molecule has 0 spiro atoms. The molecule has 0 saturated heterocycles. The third-order valence-corrected chi connectivity index (χ3v) is 4.73. The molecule has 2 atom stereocenters. The van der Waals surface area contributed by atoms with Crippen molar-refractivity contribution in [3.63, 3.8) is 0 Å². The predicted octanol–water partition coefficient (Wildman–Crippen LogP) is 3.38. The van der Waals surface area contributed by atoms with Crippen molar-refractivity contribution in [2.45, 2.75) is 38.8 Å². The number of benzene rings is 1. The topological polar surface area (TPSA) is 42.4 Å². The lowest BCUT2D eigenvalue weighted by Crippen LogP contribution is -2.39. The normalized spacial score (nSPS) is 22.9. The van der Waals surface area contributed by atoms with Crippen molar-refractivity contribution < 1.29 is 4.42 Å². The van der Waals surface area contributed by atoms with Crippen LogP contribution in [-0.2, 0) is 6.54 Å². The predicted molar refractivity (Wildman–Crippen MR) is 82.5 cm³/mol. The largest absolute Gasteiger partial charge is 0.464 e. The lowest BCUT2D eigenvalue weighted by molar-refractivity contribution is 0.162. The molecule has 2 N–H and O–H groups in total. The van der Waals surface area contributed by atoms with Crippen LogP contribution in [0, 0.1) is 5.92 Å². The number of para-hydroxylation sites is 1. The molecule has 1 aromatic heterocycles. The molecule has 2 unspecified atom stereocenters. The maximum absolute atomic E-state index is 5.94. The third-order valence-electron chi connectivity index (χ3n) is 4.73. The van der Waals surface area contributed by atoms with Crippen LogP contribution in [0.1, 0.15) is 31.7 Å². The second-order valence-electron chi connectivity index (χ2n) is 5.81. The lowest BCUT2D eigenvalue weighted by atomic mass is 10.0. The minimum absolute atomic E-state index is 0.638. The van der Waals surface area contributed by atoms with E-state index in [9.17, 15) is 0 Å². The van der Waals surface area contributed by atoms with Gasteiger partial charge < -0.3 is 10.2 Å². The van der Waals surface area contributed by atoms with Gasteiger partial charge in [0.1, 0.15) is 5.58 Å². The number of hydrogen-bond donors (Lipinski definition) is 1. The highest BCUT2D eigenvalue weighted by atomic mass is 16.3. The number of hydrogen-bond acceptors (Lipinski definition) is 3. The van der Waals surface area contributed by atoms with E-state index in [1.165, 1.54) is 30.2 Å². The average molecular weight is 272 g/mol. The van der Waals surface area contributed by atoms with Gasteiger partial charge in [-0.15, -0.1) is 0 Å². The van der Waals surface area contributed by atoms with Gasteiger partial charge >= 0.3 is 0 Å². The van der Waals surface area contributed by atoms with Gasteiger partial charge in [-0.1, -0.05) is 31.5 Å². The standard InChI is InChI=1S/C17H24N2O/c1-2-19(16-8-5-6-13(16)10-18)11-14-12-20-17-9-4-3-7-15(14)17/h3-4,7,9,12-13,16H,2,5-6,8,10-11,18H2,1H3. The van der Waals surface area contributed by atoms with Gasteiger partial charge in [-0.25, -0.2) is 0 Å². The van der Waals surface area contributed by atoms with Gasteiger partial charge in [-0.3, -0.25) is 4.90 Å². The number of nitrogens with two attached hydrogens (primary N) is 1. The number of fused-ring (bicyclic) bond motifs is 1. The molecule has 1 aliphatic rings. The van der Waals surface area contributed by atoms with E-state index in [1.807, 2.05) is 18.4 Å². The summed E-state index contributed by atoms with van der Waals surface area (Å²) >= 11 is 0. The highest BCUT2D eigenvalue weighted by molar-refractivity contribution is 5.80. The minimum Gasteiger partial charge on any atom is -0.464 e. The third kappa shape index (κ3) is 2.48. The molecule has 0 bridgehead atoms. The molecule has 3 rings (SSSR count). The summed E-state index contributed by atoms with van der Waals surface area (Å²) in [6.45, 7) is 5.09. The number of furan rings is 1. The molecule has 0 amide bonds. The fraction of sp³-hybridized carbons (Fsp3) is 0.529. The van der Waals surface area contributed by atoms with E-state index in [-0.39, 0.29) is 0 Å². The Morgan fingerprint density at radius 1 is 1.30 bits per heavy atom. The number of rotatable bonds is 5. The van der Waals surface area contributed by atoms with Crippen LogP contribution >= 0.6 is 0 Å². The van der Waals surface area contributed by atoms with Crippen LogP contribution < -0.4 is 5.73 Å². The lowest BCUT2D eigenvalue weighted by Gasteiger charge is -2.31. The van der Waals surface area contributed by atoms with Gasteiger partial charge in [0.2, 0.25) is 0 Å². The van der Waals surface area contributed by atoms with E-state index >= 15 is 0 Å². The molecule has 2 aromatic rings. The van der Waals surface area contributed by atoms with Crippen molar-refractivity contribution in [2.24, 2.45) is 11.7 Å². The summed E-state index contributed by atoms with van der Waals surface area (Å²) in [7, 11) is 0. The Bertz CT molecular complexity index is 563. The molecule has 3 heteroatoms. The van der Waals surface area contributed by atoms with Crippen LogP contribution in [-0.4, -0.2) is 24.0 Å². The highest BCUT2D eigenvalue weighted by Gasteiger charge is 2.30. The van der Waals surface area contributed by atoms with Crippen molar-refractivity contribution in [2.75, 3.05) is 13.1 Å². The number of nitrogens with zero attached hydrogens (tertiary/aromatic N) is 1. The van der Waals surface area contributed by atoms with Crippen LogP contribution in [0.5, 0.6) is 0 Å². The molecule has 3 nitrogen and oxygen atoms in total. The molecule has 1 aromatic carbocycles. The fourth-order valence-electron chi connectivity index (χ4n) is 3.61. The zero-order valence-corrected chi connectivity index (χ0v) is 12.2. The fourth-order valence-corrected chi connectivity index (χ4v) is 3.61. The van der Waals surface area contributed by atoms with Crippen LogP contribution in [0.25, 0.3) is 11.0 Å². The van der Waals surface area contributed by atoms with E-state index in [2.05, 4.69) is 24.0 Å². The maximum Gasteiger partial charge on any atom is 0.134 e. The van der Waals surface area contributed by atoms with Crippen LogP contribution in [0.4, 0.5) is 0 Å². The maximum atomic E-state index is 5.94. The van der Waals surface area contributed by atoms with E-state index < -0.39 is 0 Å². The molecule has 108 valence electrons. The summed E-state index contributed by atoms with van der Waals surface area (Å²) in [5.41, 5.74) is 8.22. The first kappa shape index (κ1) is 13.7. The zero-order valence-electron chi connectivity index (χ0n) is 12.2. The van der Waals surface area contributed by atoms with E-state index in [4.69, 9.17) is 10.2 Å². The minimum atomic E-state index is 0.638. The average Bonchev–Trinajstić information content (AvgIpc) is 3.11. The summed E-state index contributed by atoms with van der Waals surface area (Å²) in [4.78, 5) is 2.57. The Morgan fingerprint density at radius 3 is 2.95 bits per heavy atom. The van der Waals surface area contributed by atoms with Crippen LogP contribution in [0.3, 0.4) is 0 Å². The molecule has 20 heavy (non-hydrogen) atoms. The van der Waals surface area contributed by atoms with E-state index in [1.54, 1.807) is 0 Å². The van der Waals surface area contributed by atoms with Gasteiger partial charge in [0, 0.05) is 23.5 Å². The Morgan fingerprint density at radius 2 is 2.15 bits per heavy atom. The Hall–Kier alpha value is -1.32. The smallest absolute Gasteiger partial charge is 0.134 e. The molecule has 0 radical (unpaired) electrons. The first-order valence-electron chi connectivity index (χ1n) is 7.72. The molecule has 1 aliphatic carbocycles. The van der Waals surface area contributed by atoms with Crippen molar-refractivity contribution in [3.05, 3.63) is 36.1 Å². The molecular formula is C17H24N2O. The quantitative estimate of drug-likeness (QED) is 0.907. The van der Waals surface area contributed by atoms with Gasteiger partial charge in [-0.05, 0) is 37.9 Å². The SMILES string of the molecule is CCN(Cc1coc2ccccc12)C1CCCC1CN. The molecule has 0 aliphatic heterocycles. The molecule has 1 saturated carbocycles. The van der Waals surface area contributed by atoms with Crippen molar-refractivity contribution in [1.82, 2.24) is 4.90 Å². The summed E-state index contributed by atoms with van der Waals surface area (Å²) < 4.78 is 5.66. The molecule has 1 fully saturated rings. The van der Waals surface area contributed by atoms with E-state index in [0.717, 1.165) is 25.2 Å². The summed E-state index contributed by atoms with van der Waals surface area (Å²) in [6, 6.07) is 8.92. The van der Waals surface area contributed by atoms with Gasteiger partial charge in [-0.2, -0.15) is 0 Å². The van der Waals surface area contributed by atoms with Gasteiger partial charge in [0.25, 0.3) is 0 Å². The van der Waals surface area contributed by atoms with Crippen molar-refractivity contribution in [1.29, 1.82) is 0 Å². The van der Waals surface area contributed by atoms with Crippen LogP contribution in [0.2, 0.25) is 0 Å². The van der Waals surface area contributed by atoms with Crippen LogP contribution in [0.15, 0.2) is 34.9 Å². The highest BCUT2D eigenvalue weighted by Crippen LogP contribution is 2.31. The second-order valence-corrected chi connectivity index (χ2v) is 5.81. The van der Waals surface area contributed by atoms with E-state index in [0.29, 0.717) is 12.0 Å². The zero-order chi connectivity index (χ0) is 13.9. The molecular weight excluding hydrogens is 248 g/mol. The summed E-state index contributed by atoms with van der Waals surface area (Å²) in [5, 5.41) is 1.24. The Labute approximate surface area is 120 Å². The second kappa shape index (κ2) is 5.98. The Kier molecular flexibility index (Phi) is 4.08. The Balaban J connectivity index is 1.81.